The number of anilines is 1. The fraction of sp³-hybridized carbons (Fsp3) is 0. The van der Waals surface area contributed by atoms with Crippen LogP contribution < -0.4 is 5.73 Å². The molecule has 0 spiro atoms. The third kappa shape index (κ3) is 5.51. The van der Waals surface area contributed by atoms with Crippen molar-refractivity contribution < 1.29 is 25.9 Å². The van der Waals surface area contributed by atoms with Crippen LogP contribution in [0.2, 0.25) is 0 Å². The van der Waals surface area contributed by atoms with Gasteiger partial charge in [0.2, 0.25) is 0 Å². The first-order chi connectivity index (χ1) is 18.5. The second-order valence-corrected chi connectivity index (χ2v) is 11.2. The Kier molecular flexibility index (Phi) is 6.66. The van der Waals surface area contributed by atoms with Gasteiger partial charge in [-0.15, -0.1) is 15.3 Å². The van der Waals surface area contributed by atoms with Gasteiger partial charge in [0.05, 0.1) is 32.5 Å². The van der Waals surface area contributed by atoms with Gasteiger partial charge >= 0.3 is 0 Å². The first kappa shape index (κ1) is 26.1. The van der Waals surface area contributed by atoms with Crippen LogP contribution >= 0.6 is 0 Å². The van der Waals surface area contributed by atoms with Crippen molar-refractivity contribution >= 4 is 70.2 Å². The second-order valence-electron chi connectivity index (χ2n) is 8.38. The standard InChI is InChI=1S/C26H19N5O6S2/c27-23-10-11-24(21-9-8-18(15-22(21)23)39(35,36)37)30-31-26-13-12-25(19-6-1-2-7-20(19)26)29-28-16-4-3-5-17(14-16)38(32,33)34/h1-15H,27H2,(H,32,33,34)(H,35,36,37). The molecule has 0 bridgehead atoms. The summed E-state index contributed by atoms with van der Waals surface area (Å²) in [6.07, 6.45) is 0. The van der Waals surface area contributed by atoms with Gasteiger partial charge in [0.1, 0.15) is 0 Å². The van der Waals surface area contributed by atoms with Gasteiger partial charge in [0.15, 0.2) is 0 Å². The summed E-state index contributed by atoms with van der Waals surface area (Å²) in [5, 5.41) is 19.5. The van der Waals surface area contributed by atoms with Gasteiger partial charge in [-0.05, 0) is 54.6 Å². The maximum atomic E-state index is 11.5. The average Bonchev–Trinajstić information content (AvgIpc) is 2.91. The molecule has 0 amide bonds. The smallest absolute Gasteiger partial charge is 0.294 e. The Morgan fingerprint density at radius 2 is 1.03 bits per heavy atom. The van der Waals surface area contributed by atoms with Crippen LogP contribution in [0.1, 0.15) is 0 Å². The third-order valence-electron chi connectivity index (χ3n) is 5.83. The van der Waals surface area contributed by atoms with Gasteiger partial charge in [0, 0.05) is 27.2 Å². The fourth-order valence-electron chi connectivity index (χ4n) is 3.95. The van der Waals surface area contributed by atoms with E-state index in [4.69, 9.17) is 5.73 Å². The summed E-state index contributed by atoms with van der Waals surface area (Å²) in [5.41, 5.74) is 8.04. The van der Waals surface area contributed by atoms with E-state index in [1.54, 1.807) is 30.3 Å². The van der Waals surface area contributed by atoms with Crippen molar-refractivity contribution in [2.24, 2.45) is 20.5 Å². The Labute approximate surface area is 222 Å². The summed E-state index contributed by atoms with van der Waals surface area (Å²) in [4.78, 5) is -0.569. The minimum absolute atomic E-state index is 0.241. The van der Waals surface area contributed by atoms with Crippen LogP contribution in [0.5, 0.6) is 0 Å². The van der Waals surface area contributed by atoms with Gasteiger partial charge in [0.25, 0.3) is 20.2 Å². The summed E-state index contributed by atoms with van der Waals surface area (Å²) in [6.45, 7) is 0. The van der Waals surface area contributed by atoms with Crippen molar-refractivity contribution in [3.63, 3.8) is 0 Å². The molecule has 0 aliphatic carbocycles. The fourth-order valence-corrected chi connectivity index (χ4v) is 4.98. The Hall–Kier alpha value is -4.56. The molecule has 0 saturated heterocycles. The van der Waals surface area contributed by atoms with E-state index < -0.39 is 20.2 Å². The highest BCUT2D eigenvalue weighted by Gasteiger charge is 2.13. The highest BCUT2D eigenvalue weighted by molar-refractivity contribution is 7.86. The Bertz CT molecular complexity index is 2040. The molecule has 196 valence electrons. The zero-order valence-corrected chi connectivity index (χ0v) is 21.5. The van der Waals surface area contributed by atoms with E-state index in [0.29, 0.717) is 38.9 Å². The lowest BCUT2D eigenvalue weighted by atomic mass is 10.1. The van der Waals surface area contributed by atoms with Gasteiger partial charge in [-0.2, -0.15) is 21.9 Å². The monoisotopic (exact) mass is 561 g/mol. The lowest BCUT2D eigenvalue weighted by Gasteiger charge is -2.07. The SMILES string of the molecule is Nc1ccc(N=Nc2ccc(N=Nc3cccc(S(=O)(=O)O)c3)c3ccccc23)c2ccc(S(=O)(=O)O)cc12. The Morgan fingerprint density at radius 3 is 1.62 bits per heavy atom. The van der Waals surface area contributed by atoms with Crippen LogP contribution in [0.15, 0.2) is 121 Å². The van der Waals surface area contributed by atoms with Crippen molar-refractivity contribution in [2.75, 3.05) is 5.73 Å². The Balaban J connectivity index is 1.52. The number of hydrogen-bond acceptors (Lipinski definition) is 9. The molecule has 0 aliphatic rings. The number of nitrogen functional groups attached to an aromatic ring is 1. The average molecular weight is 562 g/mol. The molecule has 13 heteroatoms. The van der Waals surface area contributed by atoms with Gasteiger partial charge in [-0.1, -0.05) is 36.4 Å². The number of azo groups is 2. The predicted octanol–water partition coefficient (Wildman–Crippen LogP) is 6.90. The molecule has 0 atom stereocenters. The lowest BCUT2D eigenvalue weighted by molar-refractivity contribution is 0.481. The molecule has 0 aliphatic heterocycles. The summed E-state index contributed by atoms with van der Waals surface area (Å²) < 4.78 is 64.5. The maximum absolute atomic E-state index is 11.5. The number of benzene rings is 5. The van der Waals surface area contributed by atoms with Gasteiger partial charge in [-0.25, -0.2) is 0 Å². The largest absolute Gasteiger partial charge is 0.398 e. The van der Waals surface area contributed by atoms with Crippen molar-refractivity contribution in [3.8, 4) is 0 Å². The van der Waals surface area contributed by atoms with Crippen molar-refractivity contribution in [1.82, 2.24) is 0 Å². The number of fused-ring (bicyclic) bond motifs is 2. The molecule has 5 aromatic rings. The van der Waals surface area contributed by atoms with E-state index in [1.807, 2.05) is 24.3 Å². The first-order valence-electron chi connectivity index (χ1n) is 11.2. The zero-order valence-electron chi connectivity index (χ0n) is 19.9. The van der Waals surface area contributed by atoms with Crippen molar-refractivity contribution in [2.45, 2.75) is 9.79 Å². The molecule has 4 N–H and O–H groups in total. The Morgan fingerprint density at radius 1 is 0.513 bits per heavy atom. The van der Waals surface area contributed by atoms with Crippen LogP contribution in [0.3, 0.4) is 0 Å². The summed E-state index contributed by atoms with van der Waals surface area (Å²) >= 11 is 0. The van der Waals surface area contributed by atoms with Crippen LogP contribution in [0, 0.1) is 0 Å². The van der Waals surface area contributed by atoms with E-state index in [2.05, 4.69) is 20.5 Å². The highest BCUT2D eigenvalue weighted by atomic mass is 32.2. The lowest BCUT2D eigenvalue weighted by Crippen LogP contribution is -1.98. The predicted molar refractivity (Wildman–Crippen MR) is 147 cm³/mol. The van der Waals surface area contributed by atoms with E-state index >= 15 is 0 Å². The van der Waals surface area contributed by atoms with Crippen LogP contribution in [0.25, 0.3) is 21.5 Å². The first-order valence-corrected chi connectivity index (χ1v) is 14.1. The zero-order chi connectivity index (χ0) is 27.8. The maximum Gasteiger partial charge on any atom is 0.294 e. The minimum Gasteiger partial charge on any atom is -0.398 e. The van der Waals surface area contributed by atoms with Crippen molar-refractivity contribution in [1.29, 1.82) is 0 Å². The number of rotatable bonds is 6. The molecule has 0 unspecified atom stereocenters. The highest BCUT2D eigenvalue weighted by Crippen LogP contribution is 2.37. The van der Waals surface area contributed by atoms with E-state index in [0.717, 1.165) is 5.39 Å². The molecule has 0 radical (unpaired) electrons. The molecule has 39 heavy (non-hydrogen) atoms. The number of nitrogens with two attached hydrogens (primary N) is 1. The summed E-state index contributed by atoms with van der Waals surface area (Å²) in [6, 6.07) is 23.4. The van der Waals surface area contributed by atoms with Crippen LogP contribution in [-0.4, -0.2) is 25.9 Å². The molecular weight excluding hydrogens is 542 g/mol. The van der Waals surface area contributed by atoms with Gasteiger partial charge < -0.3 is 5.73 Å². The van der Waals surface area contributed by atoms with Crippen LogP contribution in [0.4, 0.5) is 28.4 Å². The van der Waals surface area contributed by atoms with E-state index in [1.165, 1.54) is 36.4 Å². The van der Waals surface area contributed by atoms with Crippen molar-refractivity contribution in [3.05, 3.63) is 91.0 Å². The molecule has 11 nitrogen and oxygen atoms in total. The molecule has 0 saturated carbocycles. The minimum atomic E-state index is -4.40. The summed E-state index contributed by atoms with van der Waals surface area (Å²) in [5.74, 6) is 0. The molecule has 0 aromatic heterocycles. The quantitative estimate of drug-likeness (QED) is 0.114. The summed E-state index contributed by atoms with van der Waals surface area (Å²) in [7, 11) is -8.78. The second kappa shape index (κ2) is 9.96. The number of nitrogens with zero attached hydrogens (tertiary/aromatic N) is 4. The molecule has 0 fully saturated rings. The van der Waals surface area contributed by atoms with E-state index in [9.17, 15) is 25.9 Å². The normalized spacial score (nSPS) is 12.7. The molecular formula is C26H19N5O6S2. The van der Waals surface area contributed by atoms with Gasteiger partial charge in [-0.3, -0.25) is 9.11 Å². The topological polar surface area (TPSA) is 184 Å². The third-order valence-corrected chi connectivity index (χ3v) is 7.53. The number of hydrogen-bond donors (Lipinski definition) is 3. The van der Waals surface area contributed by atoms with E-state index in [-0.39, 0.29) is 15.5 Å². The molecule has 5 aromatic carbocycles. The molecule has 0 heterocycles. The van der Waals surface area contributed by atoms with Crippen LogP contribution in [-0.2, 0) is 20.2 Å². The molecule has 5 rings (SSSR count).